The molecule has 1 aliphatic heterocycles. The molecule has 0 bridgehead atoms. The molecule has 2 rings (SSSR count). The number of carbonyl (C=O) groups excluding carboxylic acids is 2. The van der Waals surface area contributed by atoms with E-state index in [-0.39, 0.29) is 12.5 Å². The summed E-state index contributed by atoms with van der Waals surface area (Å²) >= 11 is 0. The molecule has 3 atom stereocenters. The number of rotatable bonds is 3. The lowest BCUT2D eigenvalue weighted by Gasteiger charge is -2.29. The lowest BCUT2D eigenvalue weighted by Crippen LogP contribution is -2.36. The molecule has 1 aliphatic carbocycles. The maximum absolute atomic E-state index is 11.8. The van der Waals surface area contributed by atoms with Crippen LogP contribution < -0.4 is 5.32 Å². The van der Waals surface area contributed by atoms with Crippen LogP contribution in [0.2, 0.25) is 0 Å². The summed E-state index contributed by atoms with van der Waals surface area (Å²) in [6.45, 7) is 4.24. The molecule has 0 radical (unpaired) electrons. The molecule has 2 unspecified atom stereocenters. The molecule has 1 saturated carbocycles. The van der Waals surface area contributed by atoms with E-state index in [1.807, 2.05) is 4.90 Å². The van der Waals surface area contributed by atoms with Crippen molar-refractivity contribution in [2.75, 3.05) is 19.6 Å². The SMILES string of the molecule is C[C@@H]1CCCC2CN(C(=O)CNC=O)CC21. The van der Waals surface area contributed by atoms with Crippen LogP contribution in [0.15, 0.2) is 0 Å². The fourth-order valence-corrected chi connectivity index (χ4v) is 3.21. The molecule has 2 aliphatic rings. The molecule has 1 heterocycles. The third kappa shape index (κ3) is 2.20. The Morgan fingerprint density at radius 2 is 2.25 bits per heavy atom. The predicted octanol–water partition coefficient (Wildman–Crippen LogP) is 0.627. The normalized spacial score (nSPS) is 33.3. The lowest BCUT2D eigenvalue weighted by atomic mass is 9.75. The summed E-state index contributed by atoms with van der Waals surface area (Å²) in [6, 6.07) is 0. The molecule has 90 valence electrons. The molecule has 0 spiro atoms. The molecule has 2 fully saturated rings. The number of nitrogens with one attached hydrogen (secondary N) is 1. The Hall–Kier alpha value is -1.06. The summed E-state index contributed by atoms with van der Waals surface area (Å²) in [5, 5.41) is 2.45. The molecule has 4 nitrogen and oxygen atoms in total. The van der Waals surface area contributed by atoms with Crippen LogP contribution in [-0.4, -0.2) is 36.9 Å². The lowest BCUT2D eigenvalue weighted by molar-refractivity contribution is -0.130. The van der Waals surface area contributed by atoms with Crippen molar-refractivity contribution in [2.24, 2.45) is 17.8 Å². The third-order valence-corrected chi connectivity index (χ3v) is 4.15. The molecule has 4 heteroatoms. The van der Waals surface area contributed by atoms with Crippen molar-refractivity contribution in [1.29, 1.82) is 0 Å². The highest BCUT2D eigenvalue weighted by atomic mass is 16.2. The number of hydrogen-bond acceptors (Lipinski definition) is 2. The molecular formula is C12H20N2O2. The summed E-state index contributed by atoms with van der Waals surface area (Å²) < 4.78 is 0. The van der Waals surface area contributed by atoms with E-state index in [2.05, 4.69) is 12.2 Å². The first-order chi connectivity index (χ1) is 7.72. The molecule has 1 N–H and O–H groups in total. The number of fused-ring (bicyclic) bond motifs is 1. The van der Waals surface area contributed by atoms with Gasteiger partial charge in [0.15, 0.2) is 0 Å². The minimum absolute atomic E-state index is 0.0636. The van der Waals surface area contributed by atoms with Crippen molar-refractivity contribution in [1.82, 2.24) is 10.2 Å². The van der Waals surface area contributed by atoms with Crippen molar-refractivity contribution < 1.29 is 9.59 Å². The van der Waals surface area contributed by atoms with Gasteiger partial charge in [-0.25, -0.2) is 0 Å². The first-order valence-corrected chi connectivity index (χ1v) is 6.17. The number of carbonyl (C=O) groups is 2. The fourth-order valence-electron chi connectivity index (χ4n) is 3.21. The quantitative estimate of drug-likeness (QED) is 0.715. The standard InChI is InChI=1S/C12H20N2O2/c1-9-3-2-4-10-6-14(7-11(9)10)12(16)5-13-8-15/h8-11H,2-7H2,1H3,(H,13,15)/t9-,10?,11?/m1/s1. The summed E-state index contributed by atoms with van der Waals surface area (Å²) in [4.78, 5) is 23.8. The van der Waals surface area contributed by atoms with Gasteiger partial charge in [-0.15, -0.1) is 0 Å². The molecule has 0 aromatic carbocycles. The second-order valence-electron chi connectivity index (χ2n) is 5.13. The van der Waals surface area contributed by atoms with Crippen LogP contribution in [0.5, 0.6) is 0 Å². The van der Waals surface area contributed by atoms with Gasteiger partial charge in [0.1, 0.15) is 0 Å². The van der Waals surface area contributed by atoms with Crippen LogP contribution in [0.1, 0.15) is 26.2 Å². The second kappa shape index (κ2) is 4.85. The molecule has 0 aromatic rings. The maximum Gasteiger partial charge on any atom is 0.241 e. The van der Waals surface area contributed by atoms with Crippen LogP contribution in [-0.2, 0) is 9.59 Å². The Morgan fingerprint density at radius 3 is 2.94 bits per heavy atom. The van der Waals surface area contributed by atoms with Gasteiger partial charge in [-0.05, 0) is 24.2 Å². The van der Waals surface area contributed by atoms with Crippen LogP contribution in [0.3, 0.4) is 0 Å². The zero-order valence-corrected chi connectivity index (χ0v) is 9.82. The molecular weight excluding hydrogens is 204 g/mol. The predicted molar refractivity (Wildman–Crippen MR) is 60.6 cm³/mol. The Morgan fingerprint density at radius 1 is 1.44 bits per heavy atom. The highest BCUT2D eigenvalue weighted by Crippen LogP contribution is 2.39. The van der Waals surface area contributed by atoms with Gasteiger partial charge >= 0.3 is 0 Å². The Balaban J connectivity index is 1.90. The molecule has 1 saturated heterocycles. The highest BCUT2D eigenvalue weighted by molar-refractivity contribution is 5.80. The van der Waals surface area contributed by atoms with Gasteiger partial charge in [-0.2, -0.15) is 0 Å². The van der Waals surface area contributed by atoms with E-state index in [1.54, 1.807) is 0 Å². The average Bonchev–Trinajstić information content (AvgIpc) is 2.71. The highest BCUT2D eigenvalue weighted by Gasteiger charge is 2.39. The number of likely N-dealkylation sites (tertiary alicyclic amines) is 1. The zero-order valence-electron chi connectivity index (χ0n) is 9.82. The maximum atomic E-state index is 11.8. The number of hydrogen-bond donors (Lipinski definition) is 1. The first-order valence-electron chi connectivity index (χ1n) is 6.17. The smallest absolute Gasteiger partial charge is 0.241 e. The van der Waals surface area contributed by atoms with Gasteiger partial charge in [0, 0.05) is 13.1 Å². The van der Waals surface area contributed by atoms with Crippen LogP contribution >= 0.6 is 0 Å². The Bertz CT molecular complexity index is 280. The van der Waals surface area contributed by atoms with E-state index in [0.29, 0.717) is 18.2 Å². The van der Waals surface area contributed by atoms with Crippen molar-refractivity contribution in [2.45, 2.75) is 26.2 Å². The topological polar surface area (TPSA) is 49.4 Å². The van der Waals surface area contributed by atoms with Gasteiger partial charge in [-0.1, -0.05) is 19.8 Å². The van der Waals surface area contributed by atoms with E-state index < -0.39 is 0 Å². The first kappa shape index (κ1) is 11.4. The van der Waals surface area contributed by atoms with Crippen molar-refractivity contribution >= 4 is 12.3 Å². The van der Waals surface area contributed by atoms with Crippen molar-refractivity contribution in [3.05, 3.63) is 0 Å². The van der Waals surface area contributed by atoms with E-state index >= 15 is 0 Å². The van der Waals surface area contributed by atoms with Gasteiger partial charge in [0.05, 0.1) is 6.54 Å². The fraction of sp³-hybridized carbons (Fsp3) is 0.833. The third-order valence-electron chi connectivity index (χ3n) is 4.15. The number of amides is 2. The van der Waals surface area contributed by atoms with Crippen molar-refractivity contribution in [3.63, 3.8) is 0 Å². The van der Waals surface area contributed by atoms with Gasteiger partial charge in [0.2, 0.25) is 12.3 Å². The minimum atomic E-state index is 0.0636. The second-order valence-corrected chi connectivity index (χ2v) is 5.13. The molecule has 0 aromatic heterocycles. The van der Waals surface area contributed by atoms with E-state index in [9.17, 15) is 9.59 Å². The van der Waals surface area contributed by atoms with E-state index in [1.165, 1.54) is 19.3 Å². The summed E-state index contributed by atoms with van der Waals surface area (Å²) in [5.41, 5.74) is 0. The van der Waals surface area contributed by atoms with Gasteiger partial charge in [-0.3, -0.25) is 9.59 Å². The summed E-state index contributed by atoms with van der Waals surface area (Å²) in [7, 11) is 0. The Labute approximate surface area is 96.4 Å². The monoisotopic (exact) mass is 224 g/mol. The minimum Gasteiger partial charge on any atom is -0.350 e. The van der Waals surface area contributed by atoms with Gasteiger partial charge < -0.3 is 10.2 Å². The van der Waals surface area contributed by atoms with Crippen LogP contribution in [0.4, 0.5) is 0 Å². The van der Waals surface area contributed by atoms with Crippen molar-refractivity contribution in [3.8, 4) is 0 Å². The van der Waals surface area contributed by atoms with Crippen LogP contribution in [0.25, 0.3) is 0 Å². The summed E-state index contributed by atoms with van der Waals surface area (Å²) in [5.74, 6) is 2.20. The van der Waals surface area contributed by atoms with E-state index in [4.69, 9.17) is 0 Å². The Kier molecular flexibility index (Phi) is 3.46. The largest absolute Gasteiger partial charge is 0.350 e. The molecule has 16 heavy (non-hydrogen) atoms. The average molecular weight is 224 g/mol. The van der Waals surface area contributed by atoms with E-state index in [0.717, 1.165) is 19.0 Å². The summed E-state index contributed by atoms with van der Waals surface area (Å²) in [6.07, 6.45) is 4.45. The number of nitrogens with zero attached hydrogens (tertiary/aromatic N) is 1. The van der Waals surface area contributed by atoms with Crippen LogP contribution in [0, 0.1) is 17.8 Å². The zero-order chi connectivity index (χ0) is 11.5. The van der Waals surface area contributed by atoms with Gasteiger partial charge in [0.25, 0.3) is 0 Å². The molecule has 2 amide bonds.